The fourth-order valence-electron chi connectivity index (χ4n) is 2.71. The van der Waals surface area contributed by atoms with Crippen LogP contribution in [0.5, 0.6) is 5.75 Å². The maximum atomic E-state index is 12.3. The molecule has 94 valence electrons. The summed E-state index contributed by atoms with van der Waals surface area (Å²) in [6.45, 7) is 2.05. The van der Waals surface area contributed by atoms with Gasteiger partial charge in [0.15, 0.2) is 5.43 Å². The summed E-state index contributed by atoms with van der Waals surface area (Å²) in [7, 11) is 0. The van der Waals surface area contributed by atoms with Gasteiger partial charge >= 0.3 is 0 Å². The molecule has 0 saturated heterocycles. The molecule has 1 N–H and O–H groups in total. The number of phenolic OH excluding ortho intramolecular Hbond substituents is 1. The first-order valence-electron chi connectivity index (χ1n) is 6.51. The van der Waals surface area contributed by atoms with Crippen LogP contribution in [0.2, 0.25) is 0 Å². The highest BCUT2D eigenvalue weighted by Crippen LogP contribution is 2.28. The summed E-state index contributed by atoms with van der Waals surface area (Å²) in [5.74, 6) is 1.03. The Morgan fingerprint density at radius 3 is 2.94 bits per heavy atom. The number of aryl methyl sites for hydroxylation is 2. The van der Waals surface area contributed by atoms with Crippen molar-refractivity contribution in [3.05, 3.63) is 39.2 Å². The zero-order chi connectivity index (χ0) is 12.7. The Bertz CT molecular complexity index is 667. The third-order valence-electron chi connectivity index (χ3n) is 3.62. The number of rotatable bonds is 2. The Morgan fingerprint density at radius 1 is 1.33 bits per heavy atom. The SMILES string of the molecule is CCCc1cc2c(=O)c3c(oc2cc1O)CCC3. The van der Waals surface area contributed by atoms with Crippen LogP contribution in [0.15, 0.2) is 21.3 Å². The Kier molecular flexibility index (Phi) is 2.62. The maximum Gasteiger partial charge on any atom is 0.196 e. The molecule has 0 aliphatic heterocycles. The highest BCUT2D eigenvalue weighted by atomic mass is 16.3. The van der Waals surface area contributed by atoms with E-state index >= 15 is 0 Å². The van der Waals surface area contributed by atoms with Crippen LogP contribution < -0.4 is 5.43 Å². The van der Waals surface area contributed by atoms with Gasteiger partial charge in [0, 0.05) is 18.1 Å². The van der Waals surface area contributed by atoms with E-state index in [2.05, 4.69) is 6.92 Å². The van der Waals surface area contributed by atoms with E-state index in [0.29, 0.717) is 11.0 Å². The van der Waals surface area contributed by atoms with Crippen LogP contribution in [-0.2, 0) is 19.3 Å². The third-order valence-corrected chi connectivity index (χ3v) is 3.62. The first-order valence-corrected chi connectivity index (χ1v) is 6.51. The molecule has 0 spiro atoms. The van der Waals surface area contributed by atoms with E-state index in [1.807, 2.05) is 0 Å². The number of hydrogen-bond acceptors (Lipinski definition) is 3. The number of aromatic hydroxyl groups is 1. The van der Waals surface area contributed by atoms with Crippen molar-refractivity contribution in [1.82, 2.24) is 0 Å². The van der Waals surface area contributed by atoms with Crippen LogP contribution in [-0.4, -0.2) is 5.11 Å². The molecule has 0 amide bonds. The van der Waals surface area contributed by atoms with Gasteiger partial charge in [-0.25, -0.2) is 0 Å². The average Bonchev–Trinajstić information content (AvgIpc) is 2.80. The standard InChI is InChI=1S/C15H16O3/c1-2-4-9-7-11-14(8-12(9)16)18-13-6-3-5-10(13)15(11)17/h7-8,16H,2-6H2,1H3. The van der Waals surface area contributed by atoms with E-state index in [9.17, 15) is 9.90 Å². The molecule has 1 heterocycles. The van der Waals surface area contributed by atoms with E-state index in [0.717, 1.165) is 49.0 Å². The highest BCUT2D eigenvalue weighted by molar-refractivity contribution is 5.80. The van der Waals surface area contributed by atoms with Crippen molar-refractivity contribution in [2.45, 2.75) is 39.0 Å². The monoisotopic (exact) mass is 244 g/mol. The normalized spacial score (nSPS) is 14.1. The number of hydrogen-bond donors (Lipinski definition) is 1. The van der Waals surface area contributed by atoms with Crippen LogP contribution in [0.1, 0.15) is 36.7 Å². The van der Waals surface area contributed by atoms with Gasteiger partial charge in [-0.05, 0) is 30.9 Å². The van der Waals surface area contributed by atoms with Crippen molar-refractivity contribution >= 4 is 11.0 Å². The first-order chi connectivity index (χ1) is 8.70. The Balaban J connectivity index is 2.30. The van der Waals surface area contributed by atoms with Crippen molar-refractivity contribution in [1.29, 1.82) is 0 Å². The molecule has 1 aromatic heterocycles. The van der Waals surface area contributed by atoms with Gasteiger partial charge in [-0.1, -0.05) is 13.3 Å². The molecule has 1 aliphatic rings. The van der Waals surface area contributed by atoms with E-state index in [-0.39, 0.29) is 11.2 Å². The molecular weight excluding hydrogens is 228 g/mol. The van der Waals surface area contributed by atoms with Gasteiger partial charge in [-0.2, -0.15) is 0 Å². The Morgan fingerprint density at radius 2 is 2.17 bits per heavy atom. The summed E-state index contributed by atoms with van der Waals surface area (Å²) in [6, 6.07) is 3.37. The predicted molar refractivity (Wildman–Crippen MR) is 70.2 cm³/mol. The minimum Gasteiger partial charge on any atom is -0.508 e. The highest BCUT2D eigenvalue weighted by Gasteiger charge is 2.20. The summed E-state index contributed by atoms with van der Waals surface area (Å²) in [5.41, 5.74) is 2.25. The summed E-state index contributed by atoms with van der Waals surface area (Å²) < 4.78 is 5.74. The van der Waals surface area contributed by atoms with Gasteiger partial charge in [-0.3, -0.25) is 4.79 Å². The van der Waals surface area contributed by atoms with E-state index in [4.69, 9.17) is 4.42 Å². The lowest BCUT2D eigenvalue weighted by molar-refractivity contribution is 0.465. The van der Waals surface area contributed by atoms with Crippen LogP contribution >= 0.6 is 0 Å². The topological polar surface area (TPSA) is 50.4 Å². The van der Waals surface area contributed by atoms with Crippen molar-refractivity contribution in [3.63, 3.8) is 0 Å². The Hall–Kier alpha value is -1.77. The van der Waals surface area contributed by atoms with Gasteiger partial charge in [0.25, 0.3) is 0 Å². The van der Waals surface area contributed by atoms with Gasteiger partial charge in [0.2, 0.25) is 0 Å². The second kappa shape index (κ2) is 4.16. The van der Waals surface area contributed by atoms with Gasteiger partial charge in [-0.15, -0.1) is 0 Å². The minimum atomic E-state index is 0.0844. The second-order valence-corrected chi connectivity index (χ2v) is 4.91. The molecule has 0 bridgehead atoms. The lowest BCUT2D eigenvalue weighted by Gasteiger charge is -2.07. The number of phenols is 1. The fourth-order valence-corrected chi connectivity index (χ4v) is 2.71. The molecular formula is C15H16O3. The maximum absolute atomic E-state index is 12.3. The first kappa shape index (κ1) is 11.3. The zero-order valence-corrected chi connectivity index (χ0v) is 10.5. The fraction of sp³-hybridized carbons (Fsp3) is 0.400. The molecule has 3 rings (SSSR count). The van der Waals surface area contributed by atoms with Crippen LogP contribution in [0.25, 0.3) is 11.0 Å². The summed E-state index contributed by atoms with van der Waals surface area (Å²) >= 11 is 0. The van der Waals surface area contributed by atoms with E-state index < -0.39 is 0 Å². The smallest absolute Gasteiger partial charge is 0.196 e. The largest absolute Gasteiger partial charge is 0.508 e. The van der Waals surface area contributed by atoms with Crippen molar-refractivity contribution in [2.75, 3.05) is 0 Å². The minimum absolute atomic E-state index is 0.0844. The molecule has 3 heteroatoms. The summed E-state index contributed by atoms with van der Waals surface area (Å²) in [5, 5.41) is 10.5. The van der Waals surface area contributed by atoms with Crippen molar-refractivity contribution < 1.29 is 9.52 Å². The van der Waals surface area contributed by atoms with Crippen LogP contribution in [0.3, 0.4) is 0 Å². The number of benzene rings is 1. The molecule has 0 fully saturated rings. The average molecular weight is 244 g/mol. The molecule has 1 aromatic carbocycles. The van der Waals surface area contributed by atoms with E-state index in [1.165, 1.54) is 0 Å². The molecule has 2 aromatic rings. The molecule has 3 nitrogen and oxygen atoms in total. The van der Waals surface area contributed by atoms with Gasteiger partial charge < -0.3 is 9.52 Å². The molecule has 0 radical (unpaired) electrons. The molecule has 0 atom stereocenters. The molecule has 0 unspecified atom stereocenters. The third kappa shape index (κ3) is 1.62. The lowest BCUT2D eigenvalue weighted by atomic mass is 10.0. The van der Waals surface area contributed by atoms with Gasteiger partial charge in [0.1, 0.15) is 17.1 Å². The Labute approximate surface area is 105 Å². The zero-order valence-electron chi connectivity index (χ0n) is 10.5. The van der Waals surface area contributed by atoms with Gasteiger partial charge in [0.05, 0.1) is 5.39 Å². The van der Waals surface area contributed by atoms with E-state index in [1.54, 1.807) is 12.1 Å². The molecule has 0 saturated carbocycles. The van der Waals surface area contributed by atoms with Crippen molar-refractivity contribution in [2.24, 2.45) is 0 Å². The van der Waals surface area contributed by atoms with Crippen LogP contribution in [0.4, 0.5) is 0 Å². The quantitative estimate of drug-likeness (QED) is 0.883. The molecule has 18 heavy (non-hydrogen) atoms. The predicted octanol–water partition coefficient (Wildman–Crippen LogP) is 2.94. The summed E-state index contributed by atoms with van der Waals surface area (Å²) in [4.78, 5) is 12.3. The van der Waals surface area contributed by atoms with Crippen LogP contribution in [0, 0.1) is 0 Å². The summed E-state index contributed by atoms with van der Waals surface area (Å²) in [6.07, 6.45) is 4.35. The number of fused-ring (bicyclic) bond motifs is 2. The molecule has 1 aliphatic carbocycles. The van der Waals surface area contributed by atoms with Crippen molar-refractivity contribution in [3.8, 4) is 5.75 Å². The second-order valence-electron chi connectivity index (χ2n) is 4.91. The lowest BCUT2D eigenvalue weighted by Crippen LogP contribution is -2.08.